The van der Waals surface area contributed by atoms with Gasteiger partial charge in [0.1, 0.15) is 5.00 Å². The summed E-state index contributed by atoms with van der Waals surface area (Å²) in [6.45, 7) is 6.22. The maximum atomic E-state index is 11.9. The molecule has 92 valence electrons. The topological polar surface area (TPSA) is 44.9 Å². The fourth-order valence-corrected chi connectivity index (χ4v) is 3.01. The molecule has 2 aromatic rings. The van der Waals surface area contributed by atoms with E-state index in [1.807, 2.05) is 17.5 Å². The number of aromatic nitrogens is 1. The second kappa shape index (κ2) is 3.85. The monoisotopic (exact) mass is 258 g/mol. The molecule has 3 heterocycles. The first kappa shape index (κ1) is 11.3. The van der Waals surface area contributed by atoms with E-state index in [1.165, 1.54) is 11.1 Å². The van der Waals surface area contributed by atoms with Gasteiger partial charge in [0, 0.05) is 17.0 Å². The summed E-state index contributed by atoms with van der Waals surface area (Å²) >= 11 is 1.56. The van der Waals surface area contributed by atoms with Crippen molar-refractivity contribution in [3.05, 3.63) is 39.5 Å². The van der Waals surface area contributed by atoms with E-state index in [-0.39, 0.29) is 5.91 Å². The Balaban J connectivity index is 2.12. The van der Waals surface area contributed by atoms with Crippen molar-refractivity contribution < 1.29 is 4.79 Å². The Morgan fingerprint density at radius 2 is 2.00 bits per heavy atom. The number of thiophene rings is 1. The van der Waals surface area contributed by atoms with Crippen LogP contribution in [0.1, 0.15) is 28.1 Å². The fourth-order valence-electron chi connectivity index (χ4n) is 2.22. The SMILES string of the molecule is Cc1[nH]c(/C=C2\C(=O)Nc3sccc32)c(C)c1C. The molecule has 0 bridgehead atoms. The lowest BCUT2D eigenvalue weighted by molar-refractivity contribution is -0.110. The molecule has 2 N–H and O–H groups in total. The van der Waals surface area contributed by atoms with Gasteiger partial charge >= 0.3 is 0 Å². The summed E-state index contributed by atoms with van der Waals surface area (Å²) in [6, 6.07) is 1.99. The molecule has 0 atom stereocenters. The van der Waals surface area contributed by atoms with Gasteiger partial charge in [-0.25, -0.2) is 0 Å². The van der Waals surface area contributed by atoms with E-state index in [9.17, 15) is 4.79 Å². The zero-order valence-corrected chi connectivity index (χ0v) is 11.4. The highest BCUT2D eigenvalue weighted by Crippen LogP contribution is 2.37. The molecule has 3 rings (SSSR count). The molecule has 0 fully saturated rings. The Morgan fingerprint density at radius 3 is 2.67 bits per heavy atom. The number of carbonyl (C=O) groups is 1. The molecule has 3 nitrogen and oxygen atoms in total. The van der Waals surface area contributed by atoms with Crippen molar-refractivity contribution in [3.63, 3.8) is 0 Å². The average molecular weight is 258 g/mol. The third kappa shape index (κ3) is 1.53. The molecule has 1 amide bonds. The molecule has 1 aliphatic rings. The largest absolute Gasteiger partial charge is 0.359 e. The van der Waals surface area contributed by atoms with E-state index in [4.69, 9.17) is 0 Å². The zero-order valence-electron chi connectivity index (χ0n) is 10.5. The number of fused-ring (bicyclic) bond motifs is 1. The molecule has 0 unspecified atom stereocenters. The summed E-state index contributed by atoms with van der Waals surface area (Å²) in [5.41, 5.74) is 6.39. The van der Waals surface area contributed by atoms with Crippen LogP contribution in [0.4, 0.5) is 5.00 Å². The second-order valence-corrected chi connectivity index (χ2v) is 5.51. The van der Waals surface area contributed by atoms with Gasteiger partial charge in [0.05, 0.1) is 5.57 Å². The van der Waals surface area contributed by atoms with Crippen LogP contribution in [0.2, 0.25) is 0 Å². The smallest absolute Gasteiger partial charge is 0.257 e. The molecule has 0 spiro atoms. The lowest BCUT2D eigenvalue weighted by atomic mass is 10.1. The fraction of sp³-hybridized carbons (Fsp3) is 0.214. The molecule has 1 aliphatic heterocycles. The number of hydrogen-bond donors (Lipinski definition) is 2. The maximum Gasteiger partial charge on any atom is 0.257 e. The molecular weight excluding hydrogens is 244 g/mol. The van der Waals surface area contributed by atoms with E-state index in [0.29, 0.717) is 0 Å². The lowest BCUT2D eigenvalue weighted by Crippen LogP contribution is -2.03. The predicted molar refractivity (Wildman–Crippen MR) is 75.8 cm³/mol. The van der Waals surface area contributed by atoms with Gasteiger partial charge in [0.2, 0.25) is 0 Å². The summed E-state index contributed by atoms with van der Waals surface area (Å²) < 4.78 is 0. The number of rotatable bonds is 1. The van der Waals surface area contributed by atoms with Crippen molar-refractivity contribution >= 4 is 33.9 Å². The van der Waals surface area contributed by atoms with Crippen molar-refractivity contribution in [1.82, 2.24) is 4.98 Å². The van der Waals surface area contributed by atoms with Crippen LogP contribution in [0.3, 0.4) is 0 Å². The molecule has 4 heteroatoms. The predicted octanol–water partition coefficient (Wildman–Crippen LogP) is 3.49. The van der Waals surface area contributed by atoms with Crippen LogP contribution in [0.15, 0.2) is 11.4 Å². The minimum Gasteiger partial charge on any atom is -0.359 e. The van der Waals surface area contributed by atoms with Crippen LogP contribution < -0.4 is 5.32 Å². The third-order valence-corrected chi connectivity index (χ3v) is 4.40. The number of amides is 1. The van der Waals surface area contributed by atoms with E-state index < -0.39 is 0 Å². The average Bonchev–Trinajstić information content (AvgIpc) is 2.94. The molecule has 0 radical (unpaired) electrons. The second-order valence-electron chi connectivity index (χ2n) is 4.59. The maximum absolute atomic E-state index is 11.9. The Hall–Kier alpha value is -1.81. The Morgan fingerprint density at radius 1 is 1.22 bits per heavy atom. The highest BCUT2D eigenvalue weighted by molar-refractivity contribution is 7.15. The Labute approximate surface area is 110 Å². The van der Waals surface area contributed by atoms with Gasteiger partial charge in [-0.15, -0.1) is 11.3 Å². The molecule has 0 aromatic carbocycles. The van der Waals surface area contributed by atoms with E-state index in [2.05, 4.69) is 31.1 Å². The lowest BCUT2D eigenvalue weighted by Gasteiger charge is -1.96. The highest BCUT2D eigenvalue weighted by atomic mass is 32.1. The minimum atomic E-state index is -0.0128. The molecule has 0 saturated heterocycles. The third-order valence-electron chi connectivity index (χ3n) is 3.57. The van der Waals surface area contributed by atoms with Gasteiger partial charge in [0.25, 0.3) is 5.91 Å². The molecule has 0 saturated carbocycles. The number of hydrogen-bond acceptors (Lipinski definition) is 2. The van der Waals surface area contributed by atoms with Crippen LogP contribution in [-0.2, 0) is 4.79 Å². The Kier molecular flexibility index (Phi) is 2.41. The van der Waals surface area contributed by atoms with E-state index in [1.54, 1.807) is 11.3 Å². The van der Waals surface area contributed by atoms with Crippen LogP contribution in [0.5, 0.6) is 0 Å². The highest BCUT2D eigenvalue weighted by Gasteiger charge is 2.25. The molecule has 2 aromatic heterocycles. The van der Waals surface area contributed by atoms with Gasteiger partial charge in [-0.3, -0.25) is 4.79 Å². The van der Waals surface area contributed by atoms with E-state index >= 15 is 0 Å². The van der Waals surface area contributed by atoms with Crippen molar-refractivity contribution in [1.29, 1.82) is 0 Å². The number of nitrogens with one attached hydrogen (secondary N) is 2. The first-order valence-electron chi connectivity index (χ1n) is 5.84. The summed E-state index contributed by atoms with van der Waals surface area (Å²) in [4.78, 5) is 15.2. The number of carbonyl (C=O) groups excluding carboxylic acids is 1. The zero-order chi connectivity index (χ0) is 12.9. The van der Waals surface area contributed by atoms with Gasteiger partial charge < -0.3 is 10.3 Å². The minimum absolute atomic E-state index is 0.0128. The van der Waals surface area contributed by atoms with Crippen molar-refractivity contribution in [2.75, 3.05) is 5.32 Å². The summed E-state index contributed by atoms with van der Waals surface area (Å²) in [6.07, 6.45) is 1.95. The molecular formula is C14H14N2OS. The van der Waals surface area contributed by atoms with E-state index in [0.717, 1.165) is 27.5 Å². The van der Waals surface area contributed by atoms with Crippen molar-refractivity contribution in [2.24, 2.45) is 0 Å². The van der Waals surface area contributed by atoms with Gasteiger partial charge in [-0.2, -0.15) is 0 Å². The number of aryl methyl sites for hydroxylation is 1. The van der Waals surface area contributed by atoms with Gasteiger partial charge in [0.15, 0.2) is 0 Å². The van der Waals surface area contributed by atoms with Crippen LogP contribution >= 0.6 is 11.3 Å². The van der Waals surface area contributed by atoms with Crippen molar-refractivity contribution in [3.8, 4) is 0 Å². The van der Waals surface area contributed by atoms with Crippen LogP contribution in [0.25, 0.3) is 11.6 Å². The number of anilines is 1. The summed E-state index contributed by atoms with van der Waals surface area (Å²) in [7, 11) is 0. The van der Waals surface area contributed by atoms with Gasteiger partial charge in [-0.1, -0.05) is 0 Å². The first-order chi connectivity index (χ1) is 8.58. The Bertz CT molecular complexity index is 676. The number of aromatic amines is 1. The molecule has 0 aliphatic carbocycles. The van der Waals surface area contributed by atoms with Crippen LogP contribution in [-0.4, -0.2) is 10.9 Å². The summed E-state index contributed by atoms with van der Waals surface area (Å²) in [5, 5.41) is 5.83. The molecule has 18 heavy (non-hydrogen) atoms. The first-order valence-corrected chi connectivity index (χ1v) is 6.72. The summed E-state index contributed by atoms with van der Waals surface area (Å²) in [5.74, 6) is -0.0128. The van der Waals surface area contributed by atoms with Gasteiger partial charge in [-0.05, 0) is 49.4 Å². The number of H-pyrrole nitrogens is 1. The quantitative estimate of drug-likeness (QED) is 0.756. The standard InChI is InChI=1S/C14H14N2OS/c1-7-8(2)12(15-9(7)3)6-11-10-4-5-18-14(10)16-13(11)17/h4-6,15H,1-3H3,(H,16,17)/b11-6-. The van der Waals surface area contributed by atoms with Crippen molar-refractivity contribution in [2.45, 2.75) is 20.8 Å². The van der Waals surface area contributed by atoms with Crippen LogP contribution in [0, 0.1) is 20.8 Å². The normalized spacial score (nSPS) is 16.2.